The molecule has 1 aromatic rings. The van der Waals surface area contributed by atoms with Crippen LogP contribution < -0.4 is 0 Å². The van der Waals surface area contributed by atoms with Crippen LogP contribution >= 0.6 is 0 Å². The molecule has 92 valence electrons. The lowest BCUT2D eigenvalue weighted by molar-refractivity contribution is -0.138. The monoisotopic (exact) mass is 241 g/mol. The van der Waals surface area contributed by atoms with Crippen molar-refractivity contribution < 1.29 is 13.2 Å². The largest absolute Gasteiger partial charge is 0.416 e. The molecule has 0 aromatic heterocycles. The number of nitriles is 1. The van der Waals surface area contributed by atoms with Crippen molar-refractivity contribution in [1.29, 1.82) is 5.26 Å². The van der Waals surface area contributed by atoms with Gasteiger partial charge in [-0.15, -0.1) is 0 Å². The molecule has 0 N–H and O–H groups in total. The highest BCUT2D eigenvalue weighted by atomic mass is 19.4. The van der Waals surface area contributed by atoms with Gasteiger partial charge in [0.25, 0.3) is 0 Å². The molecular formula is C13H14F3N. The first kappa shape index (κ1) is 13.6. The van der Waals surface area contributed by atoms with Crippen LogP contribution in [0.3, 0.4) is 0 Å². The summed E-state index contributed by atoms with van der Waals surface area (Å²) in [6.07, 6.45) is -3.89. The lowest BCUT2D eigenvalue weighted by atomic mass is 9.77. The summed E-state index contributed by atoms with van der Waals surface area (Å²) in [5.41, 5.74) is -1.18. The van der Waals surface area contributed by atoms with Gasteiger partial charge in [0.15, 0.2) is 0 Å². The number of benzene rings is 1. The fraction of sp³-hybridized carbons (Fsp3) is 0.462. The Balaban J connectivity index is 3.60. The smallest absolute Gasteiger partial charge is 0.192 e. The minimum absolute atomic E-state index is 0.0949. The van der Waals surface area contributed by atoms with Gasteiger partial charge in [0.2, 0.25) is 0 Å². The predicted octanol–water partition coefficient (Wildman–Crippen LogP) is 4.26. The molecule has 1 nitrogen and oxygen atoms in total. The van der Waals surface area contributed by atoms with Crippen molar-refractivity contribution in [3.05, 3.63) is 34.9 Å². The van der Waals surface area contributed by atoms with Gasteiger partial charge < -0.3 is 0 Å². The second-order valence-corrected chi connectivity index (χ2v) is 4.58. The molecular weight excluding hydrogens is 227 g/mol. The van der Waals surface area contributed by atoms with Gasteiger partial charge in [-0.1, -0.05) is 26.8 Å². The predicted molar refractivity (Wildman–Crippen MR) is 59.5 cm³/mol. The standard InChI is InChI=1S/C13H14F3N/c1-4-12(2,3)11-9(8-17)6-5-7-10(11)13(14,15)16/h5-7H,4H2,1-3H3. The normalized spacial score (nSPS) is 12.3. The Morgan fingerprint density at radius 2 is 1.82 bits per heavy atom. The van der Waals surface area contributed by atoms with Gasteiger partial charge >= 0.3 is 6.18 Å². The molecule has 0 radical (unpaired) electrons. The van der Waals surface area contributed by atoms with Gasteiger partial charge in [0.1, 0.15) is 0 Å². The van der Waals surface area contributed by atoms with Crippen LogP contribution in [0.4, 0.5) is 13.2 Å². The van der Waals surface area contributed by atoms with E-state index in [1.807, 2.05) is 13.0 Å². The van der Waals surface area contributed by atoms with E-state index in [0.717, 1.165) is 6.07 Å². The van der Waals surface area contributed by atoms with Gasteiger partial charge in [-0.3, -0.25) is 0 Å². The maximum absolute atomic E-state index is 12.9. The van der Waals surface area contributed by atoms with E-state index < -0.39 is 17.2 Å². The zero-order valence-electron chi connectivity index (χ0n) is 10.0. The Morgan fingerprint density at radius 1 is 1.24 bits per heavy atom. The first-order valence-corrected chi connectivity index (χ1v) is 5.35. The second kappa shape index (κ2) is 4.40. The molecule has 0 bridgehead atoms. The van der Waals surface area contributed by atoms with E-state index in [1.165, 1.54) is 12.1 Å². The van der Waals surface area contributed by atoms with E-state index >= 15 is 0 Å². The summed E-state index contributed by atoms with van der Waals surface area (Å²) in [6, 6.07) is 5.59. The number of hydrogen-bond acceptors (Lipinski definition) is 1. The third-order valence-electron chi connectivity index (χ3n) is 3.05. The topological polar surface area (TPSA) is 23.8 Å². The van der Waals surface area contributed by atoms with Crippen LogP contribution in [-0.4, -0.2) is 0 Å². The van der Waals surface area contributed by atoms with Crippen LogP contribution in [0.25, 0.3) is 0 Å². The number of nitrogens with zero attached hydrogens (tertiary/aromatic N) is 1. The first-order valence-electron chi connectivity index (χ1n) is 5.35. The minimum atomic E-state index is -4.42. The highest BCUT2D eigenvalue weighted by Crippen LogP contribution is 2.40. The Morgan fingerprint density at radius 3 is 2.24 bits per heavy atom. The van der Waals surface area contributed by atoms with Crippen LogP contribution in [-0.2, 0) is 11.6 Å². The zero-order valence-corrected chi connectivity index (χ0v) is 10.0. The van der Waals surface area contributed by atoms with Gasteiger partial charge in [-0.25, -0.2) is 0 Å². The number of halogens is 3. The van der Waals surface area contributed by atoms with E-state index in [1.54, 1.807) is 13.8 Å². The fourth-order valence-corrected chi connectivity index (χ4v) is 1.79. The lowest BCUT2D eigenvalue weighted by Crippen LogP contribution is -2.23. The van der Waals surface area contributed by atoms with Crippen molar-refractivity contribution in [2.24, 2.45) is 0 Å². The molecule has 0 fully saturated rings. The van der Waals surface area contributed by atoms with E-state index in [4.69, 9.17) is 5.26 Å². The van der Waals surface area contributed by atoms with Gasteiger partial charge in [0.05, 0.1) is 17.2 Å². The SMILES string of the molecule is CCC(C)(C)c1c(C#N)cccc1C(F)(F)F. The number of hydrogen-bond donors (Lipinski definition) is 0. The summed E-state index contributed by atoms with van der Waals surface area (Å²) in [7, 11) is 0. The fourth-order valence-electron chi connectivity index (χ4n) is 1.79. The van der Waals surface area contributed by atoms with Crippen molar-refractivity contribution in [1.82, 2.24) is 0 Å². The third-order valence-corrected chi connectivity index (χ3v) is 3.05. The highest BCUT2D eigenvalue weighted by molar-refractivity contribution is 5.48. The molecule has 1 rings (SSSR count). The molecule has 0 aliphatic heterocycles. The Hall–Kier alpha value is -1.50. The number of alkyl halides is 3. The Bertz CT molecular complexity index is 453. The summed E-state index contributed by atoms with van der Waals surface area (Å²) in [4.78, 5) is 0. The quantitative estimate of drug-likeness (QED) is 0.758. The van der Waals surface area contributed by atoms with Crippen molar-refractivity contribution in [3.8, 4) is 6.07 Å². The molecule has 0 saturated carbocycles. The maximum atomic E-state index is 12.9. The Labute approximate surface area is 98.9 Å². The second-order valence-electron chi connectivity index (χ2n) is 4.58. The molecule has 1 aromatic carbocycles. The molecule has 0 spiro atoms. The summed E-state index contributed by atoms with van der Waals surface area (Å²) in [6.45, 7) is 5.26. The summed E-state index contributed by atoms with van der Waals surface area (Å²) in [5.74, 6) is 0. The molecule has 0 saturated heterocycles. The van der Waals surface area contributed by atoms with Crippen LogP contribution in [0.2, 0.25) is 0 Å². The van der Waals surface area contributed by atoms with Gasteiger partial charge in [0, 0.05) is 0 Å². The average molecular weight is 241 g/mol. The average Bonchev–Trinajstić information content (AvgIpc) is 2.26. The molecule has 4 heteroatoms. The van der Waals surface area contributed by atoms with Crippen LogP contribution in [0, 0.1) is 11.3 Å². The molecule has 0 unspecified atom stereocenters. The molecule has 0 heterocycles. The number of rotatable bonds is 2. The molecule has 17 heavy (non-hydrogen) atoms. The molecule has 0 aliphatic rings. The van der Waals surface area contributed by atoms with E-state index in [0.29, 0.717) is 6.42 Å². The van der Waals surface area contributed by atoms with Crippen LogP contribution in [0.1, 0.15) is 43.9 Å². The van der Waals surface area contributed by atoms with Crippen LogP contribution in [0.5, 0.6) is 0 Å². The summed E-state index contributed by atoms with van der Waals surface area (Å²) < 4.78 is 38.8. The molecule has 0 aliphatic carbocycles. The maximum Gasteiger partial charge on any atom is 0.416 e. The lowest BCUT2D eigenvalue weighted by Gasteiger charge is -2.28. The minimum Gasteiger partial charge on any atom is -0.192 e. The molecule has 0 amide bonds. The van der Waals surface area contributed by atoms with E-state index in [-0.39, 0.29) is 11.1 Å². The highest BCUT2D eigenvalue weighted by Gasteiger charge is 2.38. The van der Waals surface area contributed by atoms with Crippen molar-refractivity contribution in [2.45, 2.75) is 38.8 Å². The van der Waals surface area contributed by atoms with Gasteiger partial charge in [-0.2, -0.15) is 18.4 Å². The van der Waals surface area contributed by atoms with Crippen molar-refractivity contribution in [3.63, 3.8) is 0 Å². The van der Waals surface area contributed by atoms with Crippen LogP contribution in [0.15, 0.2) is 18.2 Å². The van der Waals surface area contributed by atoms with Gasteiger partial charge in [-0.05, 0) is 29.5 Å². The Kier molecular flexibility index (Phi) is 3.51. The zero-order chi connectivity index (χ0) is 13.3. The van der Waals surface area contributed by atoms with Crippen molar-refractivity contribution >= 4 is 0 Å². The first-order chi connectivity index (χ1) is 7.74. The van der Waals surface area contributed by atoms with Crippen molar-refractivity contribution in [2.75, 3.05) is 0 Å². The third kappa shape index (κ3) is 2.60. The molecule has 0 atom stereocenters. The van der Waals surface area contributed by atoms with E-state index in [9.17, 15) is 13.2 Å². The summed E-state index contributed by atoms with van der Waals surface area (Å²) in [5, 5.41) is 8.95. The van der Waals surface area contributed by atoms with E-state index in [2.05, 4.69) is 0 Å². The summed E-state index contributed by atoms with van der Waals surface area (Å²) >= 11 is 0.